The van der Waals surface area contributed by atoms with Gasteiger partial charge >= 0.3 is 0 Å². The summed E-state index contributed by atoms with van der Waals surface area (Å²) in [5.74, 6) is 1.31. The van der Waals surface area contributed by atoms with Crippen molar-refractivity contribution in [2.45, 2.75) is 26.5 Å². The molecule has 0 radical (unpaired) electrons. The van der Waals surface area contributed by atoms with E-state index in [1.54, 1.807) is 16.8 Å². The lowest BCUT2D eigenvalue weighted by Crippen LogP contribution is -2.31. The van der Waals surface area contributed by atoms with E-state index in [2.05, 4.69) is 36.6 Å². The molecule has 0 bridgehead atoms. The van der Waals surface area contributed by atoms with E-state index in [1.807, 2.05) is 62.4 Å². The number of anilines is 2. The van der Waals surface area contributed by atoms with Gasteiger partial charge < -0.3 is 20.1 Å². The highest BCUT2D eigenvalue weighted by Crippen LogP contribution is 2.43. The molecule has 3 aromatic carbocycles. The van der Waals surface area contributed by atoms with E-state index in [0.29, 0.717) is 55.5 Å². The molecule has 0 saturated carbocycles. The van der Waals surface area contributed by atoms with Crippen molar-refractivity contribution in [1.29, 1.82) is 0 Å². The highest BCUT2D eigenvalue weighted by atomic mass is 79.9. The molecule has 2 N–H and O–H groups in total. The molecule has 4 aromatic rings. The number of halogens is 3. The van der Waals surface area contributed by atoms with Crippen LogP contribution < -0.4 is 20.1 Å². The number of allylic oxidation sites excluding steroid dienone is 1. The van der Waals surface area contributed by atoms with Crippen LogP contribution in [0.1, 0.15) is 31.0 Å². The van der Waals surface area contributed by atoms with Crippen molar-refractivity contribution < 1.29 is 14.3 Å². The fraction of sp³-hybridized carbons (Fsp3) is 0.179. The first-order chi connectivity index (χ1) is 18.9. The lowest BCUT2D eigenvalue weighted by Gasteiger charge is -2.29. The number of nitrogens with one attached hydrogen (secondary N) is 2. The standard InChI is InChI=1S/C28H24BrCl2N5O3/c1-3-38-23-13-18(12-20(29)26(23)39-14-17-9-10-21(30)22(31)11-17)25-24(16(2)34-28-32-15-33-36(25)28)27(37)35-19-7-5-4-6-8-19/h4-13,15,25H,3,14H2,1-2H3,(H,35,37)(H,32,33,34). The van der Waals surface area contributed by atoms with E-state index in [4.69, 9.17) is 32.7 Å². The normalized spacial score (nSPS) is 14.4. The Morgan fingerprint density at radius 2 is 1.90 bits per heavy atom. The minimum absolute atomic E-state index is 0.249. The highest BCUT2D eigenvalue weighted by Gasteiger charge is 2.34. The molecule has 1 amide bonds. The Morgan fingerprint density at radius 1 is 1.10 bits per heavy atom. The molecule has 2 heterocycles. The first-order valence-electron chi connectivity index (χ1n) is 12.1. The third kappa shape index (κ3) is 5.75. The lowest BCUT2D eigenvalue weighted by atomic mass is 9.94. The number of carbonyl (C=O) groups is 1. The SMILES string of the molecule is CCOc1cc(C2C(C(=O)Nc3ccccc3)=C(C)Nc3ncnn32)cc(Br)c1OCc1ccc(Cl)c(Cl)c1. The van der Waals surface area contributed by atoms with Crippen LogP contribution in [0.3, 0.4) is 0 Å². The lowest BCUT2D eigenvalue weighted by molar-refractivity contribution is -0.113. The zero-order valence-electron chi connectivity index (χ0n) is 21.0. The Balaban J connectivity index is 1.52. The summed E-state index contributed by atoms with van der Waals surface area (Å²) < 4.78 is 14.5. The maximum absolute atomic E-state index is 13.6. The van der Waals surface area contributed by atoms with Gasteiger partial charge in [-0.1, -0.05) is 47.5 Å². The van der Waals surface area contributed by atoms with Crippen LogP contribution in [0.25, 0.3) is 0 Å². The second-order valence-electron chi connectivity index (χ2n) is 8.71. The fourth-order valence-electron chi connectivity index (χ4n) is 4.35. The number of carbonyl (C=O) groups excluding carboxylic acids is 1. The number of para-hydroxylation sites is 1. The van der Waals surface area contributed by atoms with E-state index in [0.717, 1.165) is 11.1 Å². The maximum Gasteiger partial charge on any atom is 0.255 e. The van der Waals surface area contributed by atoms with Crippen LogP contribution in [0.15, 0.2) is 82.7 Å². The smallest absolute Gasteiger partial charge is 0.255 e. The van der Waals surface area contributed by atoms with Crippen LogP contribution in [0.2, 0.25) is 10.0 Å². The van der Waals surface area contributed by atoms with E-state index < -0.39 is 6.04 Å². The molecule has 11 heteroatoms. The summed E-state index contributed by atoms with van der Waals surface area (Å²) in [6.07, 6.45) is 1.45. The molecule has 0 fully saturated rings. The van der Waals surface area contributed by atoms with Crippen LogP contribution >= 0.6 is 39.1 Å². The van der Waals surface area contributed by atoms with Gasteiger partial charge in [0, 0.05) is 11.4 Å². The number of fused-ring (bicyclic) bond motifs is 1. The van der Waals surface area contributed by atoms with Gasteiger partial charge in [-0.15, -0.1) is 0 Å². The first kappa shape index (κ1) is 27.1. The van der Waals surface area contributed by atoms with Gasteiger partial charge in [0.25, 0.3) is 5.91 Å². The van der Waals surface area contributed by atoms with Crippen LogP contribution in [0.5, 0.6) is 11.5 Å². The molecule has 1 aromatic heterocycles. The maximum atomic E-state index is 13.6. The molecule has 0 aliphatic carbocycles. The monoisotopic (exact) mass is 627 g/mol. The number of hydrogen-bond acceptors (Lipinski definition) is 6. The molecule has 8 nitrogen and oxygen atoms in total. The zero-order valence-corrected chi connectivity index (χ0v) is 24.1. The molecular formula is C28H24BrCl2N5O3. The second kappa shape index (κ2) is 11.7. The minimum atomic E-state index is -0.577. The van der Waals surface area contributed by atoms with E-state index in [1.165, 1.54) is 6.33 Å². The van der Waals surface area contributed by atoms with Gasteiger partial charge in [-0.05, 0) is 77.3 Å². The van der Waals surface area contributed by atoms with Crippen molar-refractivity contribution in [1.82, 2.24) is 14.8 Å². The molecule has 1 unspecified atom stereocenters. The number of rotatable bonds is 8. The van der Waals surface area contributed by atoms with Gasteiger partial charge in [-0.25, -0.2) is 4.68 Å². The largest absolute Gasteiger partial charge is 0.490 e. The van der Waals surface area contributed by atoms with Crippen LogP contribution in [0, 0.1) is 0 Å². The number of amides is 1. The molecule has 5 rings (SSSR count). The molecule has 39 heavy (non-hydrogen) atoms. The summed E-state index contributed by atoms with van der Waals surface area (Å²) in [7, 11) is 0. The van der Waals surface area contributed by atoms with Gasteiger partial charge in [0.2, 0.25) is 5.95 Å². The average Bonchev–Trinajstić information content (AvgIpc) is 3.38. The van der Waals surface area contributed by atoms with Crippen molar-refractivity contribution in [3.8, 4) is 11.5 Å². The number of hydrogen-bond donors (Lipinski definition) is 2. The third-order valence-electron chi connectivity index (χ3n) is 6.09. The van der Waals surface area contributed by atoms with Gasteiger partial charge in [-0.3, -0.25) is 4.79 Å². The van der Waals surface area contributed by atoms with Gasteiger partial charge in [0.05, 0.1) is 26.7 Å². The van der Waals surface area contributed by atoms with E-state index in [9.17, 15) is 4.79 Å². The minimum Gasteiger partial charge on any atom is -0.490 e. The fourth-order valence-corrected chi connectivity index (χ4v) is 5.24. The van der Waals surface area contributed by atoms with Gasteiger partial charge in [-0.2, -0.15) is 10.1 Å². The van der Waals surface area contributed by atoms with Crippen molar-refractivity contribution >= 4 is 56.7 Å². The Kier molecular flexibility index (Phi) is 8.11. The van der Waals surface area contributed by atoms with Crippen molar-refractivity contribution in [2.24, 2.45) is 0 Å². The van der Waals surface area contributed by atoms with Crippen LogP contribution in [-0.2, 0) is 11.4 Å². The van der Waals surface area contributed by atoms with Crippen molar-refractivity contribution in [3.63, 3.8) is 0 Å². The molecule has 1 aliphatic heterocycles. The predicted octanol–water partition coefficient (Wildman–Crippen LogP) is 7.25. The summed E-state index contributed by atoms with van der Waals surface area (Å²) in [4.78, 5) is 17.9. The first-order valence-corrected chi connectivity index (χ1v) is 13.7. The summed E-state index contributed by atoms with van der Waals surface area (Å²) in [5.41, 5.74) is 3.47. The van der Waals surface area contributed by atoms with Crippen LogP contribution in [0.4, 0.5) is 11.6 Å². The Bertz CT molecular complexity index is 1560. The quantitative estimate of drug-likeness (QED) is 0.214. The molecular weight excluding hydrogens is 605 g/mol. The zero-order chi connectivity index (χ0) is 27.5. The van der Waals surface area contributed by atoms with Gasteiger partial charge in [0.15, 0.2) is 11.5 Å². The van der Waals surface area contributed by atoms with Crippen molar-refractivity contribution in [2.75, 3.05) is 17.2 Å². The predicted molar refractivity (Wildman–Crippen MR) is 156 cm³/mol. The van der Waals surface area contributed by atoms with E-state index >= 15 is 0 Å². The topological polar surface area (TPSA) is 90.3 Å². The summed E-state index contributed by atoms with van der Waals surface area (Å²) in [5, 5.41) is 11.5. The highest BCUT2D eigenvalue weighted by molar-refractivity contribution is 9.10. The van der Waals surface area contributed by atoms with Crippen molar-refractivity contribution in [3.05, 3.63) is 104 Å². The number of aromatic nitrogens is 3. The molecule has 1 aliphatic rings. The Labute approximate surface area is 244 Å². The third-order valence-corrected chi connectivity index (χ3v) is 7.41. The Morgan fingerprint density at radius 3 is 2.64 bits per heavy atom. The number of nitrogens with zero attached hydrogens (tertiary/aromatic N) is 3. The Hall–Kier alpha value is -3.53. The molecule has 0 spiro atoms. The van der Waals surface area contributed by atoms with Gasteiger partial charge in [0.1, 0.15) is 19.0 Å². The van der Waals surface area contributed by atoms with E-state index in [-0.39, 0.29) is 12.5 Å². The summed E-state index contributed by atoms with van der Waals surface area (Å²) in [6.45, 7) is 4.40. The van der Waals surface area contributed by atoms with Crippen LogP contribution in [-0.4, -0.2) is 27.3 Å². The summed E-state index contributed by atoms with van der Waals surface area (Å²) in [6, 6.07) is 17.8. The molecule has 1 atom stereocenters. The summed E-state index contributed by atoms with van der Waals surface area (Å²) >= 11 is 15.9. The number of benzene rings is 3. The average molecular weight is 629 g/mol. The second-order valence-corrected chi connectivity index (χ2v) is 10.4. The number of ether oxygens (including phenoxy) is 2. The molecule has 200 valence electrons. The molecule has 0 saturated heterocycles.